The van der Waals surface area contributed by atoms with Crippen LogP contribution in [0.3, 0.4) is 0 Å². The van der Waals surface area contributed by atoms with Crippen LogP contribution < -0.4 is 5.73 Å². The highest BCUT2D eigenvalue weighted by Gasteiger charge is 2.37. The third kappa shape index (κ3) is 3.23. The maximum absolute atomic E-state index is 6.48. The summed E-state index contributed by atoms with van der Waals surface area (Å²) in [5.41, 5.74) is 9.99. The Morgan fingerprint density at radius 3 is 2.46 bits per heavy atom. The van der Waals surface area contributed by atoms with Crippen molar-refractivity contribution in [3.8, 4) is 0 Å². The Hall–Kier alpha value is -1.59. The van der Waals surface area contributed by atoms with Crippen LogP contribution in [-0.2, 0) is 7.05 Å². The molecule has 0 saturated carbocycles. The molecule has 0 fully saturated rings. The summed E-state index contributed by atoms with van der Waals surface area (Å²) in [6.07, 6.45) is 2.39. The number of hydrogen-bond donors (Lipinski definition) is 1. The second-order valence-electron chi connectivity index (χ2n) is 6.47. The van der Waals surface area contributed by atoms with Gasteiger partial charge in [0.05, 0.1) is 10.0 Å². The molecule has 0 radical (unpaired) electrons. The number of benzene rings is 2. The topological polar surface area (TPSA) is 56.7 Å². The second kappa shape index (κ2) is 7.57. The van der Waals surface area contributed by atoms with Crippen molar-refractivity contribution in [1.82, 2.24) is 14.8 Å². The molecule has 7 heteroatoms. The van der Waals surface area contributed by atoms with Gasteiger partial charge in [0.1, 0.15) is 12.2 Å². The van der Waals surface area contributed by atoms with Crippen molar-refractivity contribution in [3.05, 3.63) is 81.4 Å². The summed E-state index contributed by atoms with van der Waals surface area (Å²) < 4.78 is 1.83. The fraction of sp³-hybridized carbons (Fsp3) is 0.263. The smallest absolute Gasteiger partial charge is 0.138 e. The number of nitrogens with two attached hydrogens (primary N) is 1. The molecule has 1 aliphatic rings. The summed E-state index contributed by atoms with van der Waals surface area (Å²) in [6, 6.07) is 14.1. The van der Waals surface area contributed by atoms with Crippen molar-refractivity contribution >= 4 is 35.6 Å². The van der Waals surface area contributed by atoms with Crippen LogP contribution in [0.1, 0.15) is 46.8 Å². The Labute approximate surface area is 168 Å². The number of hydrogen-bond acceptors (Lipinski definition) is 3. The summed E-state index contributed by atoms with van der Waals surface area (Å²) in [4.78, 5) is 4.50. The van der Waals surface area contributed by atoms with Gasteiger partial charge >= 0.3 is 0 Å². The minimum absolute atomic E-state index is 0. The van der Waals surface area contributed by atoms with Crippen molar-refractivity contribution < 1.29 is 0 Å². The number of rotatable bonds is 2. The van der Waals surface area contributed by atoms with Crippen LogP contribution in [0.15, 0.2) is 48.8 Å². The summed E-state index contributed by atoms with van der Waals surface area (Å²) in [5, 5.41) is 5.37. The van der Waals surface area contributed by atoms with Gasteiger partial charge < -0.3 is 5.73 Å². The third-order valence-corrected chi connectivity index (χ3v) is 5.76. The van der Waals surface area contributed by atoms with Gasteiger partial charge in [-0.1, -0.05) is 53.5 Å². The average molecular weight is 410 g/mol. The maximum atomic E-state index is 6.48. The first-order chi connectivity index (χ1) is 12.1. The minimum Gasteiger partial charge on any atom is -0.324 e. The first-order valence-corrected chi connectivity index (χ1v) is 8.95. The Bertz CT molecular complexity index is 925. The molecule has 1 aromatic heterocycles. The van der Waals surface area contributed by atoms with Crippen molar-refractivity contribution in [2.24, 2.45) is 12.8 Å². The minimum atomic E-state index is -0.0306. The molecule has 4 rings (SSSR count). The van der Waals surface area contributed by atoms with Crippen LogP contribution in [0.25, 0.3) is 0 Å². The van der Waals surface area contributed by atoms with Crippen LogP contribution >= 0.6 is 35.6 Å². The lowest BCUT2D eigenvalue weighted by atomic mass is 9.70. The summed E-state index contributed by atoms with van der Waals surface area (Å²) in [7, 11) is 1.92. The molecular weight excluding hydrogens is 391 g/mol. The van der Waals surface area contributed by atoms with E-state index in [1.807, 2.05) is 36.0 Å². The summed E-state index contributed by atoms with van der Waals surface area (Å²) >= 11 is 12.4. The molecule has 3 unspecified atom stereocenters. The van der Waals surface area contributed by atoms with E-state index in [4.69, 9.17) is 28.9 Å². The predicted octanol–water partition coefficient (Wildman–Crippen LogP) is 4.86. The van der Waals surface area contributed by atoms with E-state index in [0.29, 0.717) is 10.0 Å². The number of fused-ring (bicyclic) bond motifs is 1. The van der Waals surface area contributed by atoms with Gasteiger partial charge in [0.25, 0.3) is 0 Å². The first kappa shape index (κ1) is 19.2. The first-order valence-electron chi connectivity index (χ1n) is 8.19. The standard InChI is InChI=1S/C19H18Cl2N4.ClH/c1-25-19(23-10-24-25)14-9-17(22)12-4-2-3-5-13(12)18(14)11-6-7-15(20)16(21)8-11;/h2-8,10,14,17-18H,9,22H2,1H3;1H. The van der Waals surface area contributed by atoms with Crippen LogP contribution in [0.4, 0.5) is 0 Å². The maximum Gasteiger partial charge on any atom is 0.138 e. The molecule has 136 valence electrons. The highest BCUT2D eigenvalue weighted by Crippen LogP contribution is 2.49. The fourth-order valence-corrected chi connectivity index (χ4v) is 4.20. The van der Waals surface area contributed by atoms with E-state index in [-0.39, 0.29) is 30.3 Å². The summed E-state index contributed by atoms with van der Waals surface area (Å²) in [6.45, 7) is 0. The molecule has 4 nitrogen and oxygen atoms in total. The van der Waals surface area contributed by atoms with Crippen LogP contribution in [-0.4, -0.2) is 14.8 Å². The molecule has 0 spiro atoms. The Morgan fingerprint density at radius 2 is 1.81 bits per heavy atom. The highest BCUT2D eigenvalue weighted by atomic mass is 35.5. The van der Waals surface area contributed by atoms with E-state index in [1.54, 1.807) is 6.33 Å². The molecule has 1 aliphatic carbocycles. The third-order valence-electron chi connectivity index (χ3n) is 5.02. The van der Waals surface area contributed by atoms with Gasteiger partial charge in [0, 0.05) is 24.9 Å². The van der Waals surface area contributed by atoms with E-state index in [9.17, 15) is 0 Å². The number of nitrogens with zero attached hydrogens (tertiary/aromatic N) is 3. The molecule has 3 atom stereocenters. The van der Waals surface area contributed by atoms with Crippen LogP contribution in [0.2, 0.25) is 10.0 Å². The monoisotopic (exact) mass is 408 g/mol. The van der Waals surface area contributed by atoms with E-state index >= 15 is 0 Å². The van der Waals surface area contributed by atoms with Gasteiger partial charge in [-0.15, -0.1) is 12.4 Å². The van der Waals surface area contributed by atoms with Gasteiger partial charge in [-0.2, -0.15) is 5.10 Å². The molecule has 0 bridgehead atoms. The largest absolute Gasteiger partial charge is 0.324 e. The van der Waals surface area contributed by atoms with Crippen molar-refractivity contribution in [3.63, 3.8) is 0 Å². The highest BCUT2D eigenvalue weighted by molar-refractivity contribution is 6.42. The molecule has 0 saturated heterocycles. The molecule has 2 aromatic carbocycles. The van der Waals surface area contributed by atoms with Crippen LogP contribution in [0.5, 0.6) is 0 Å². The number of aryl methyl sites for hydroxylation is 1. The van der Waals surface area contributed by atoms with E-state index in [2.05, 4.69) is 28.3 Å². The van der Waals surface area contributed by atoms with Gasteiger partial charge in [-0.25, -0.2) is 4.98 Å². The molecule has 3 aromatic rings. The molecule has 1 heterocycles. The van der Waals surface area contributed by atoms with E-state index in [1.165, 1.54) is 11.1 Å². The van der Waals surface area contributed by atoms with Crippen molar-refractivity contribution in [2.45, 2.75) is 24.3 Å². The molecule has 0 amide bonds. The van der Waals surface area contributed by atoms with Crippen LogP contribution in [0, 0.1) is 0 Å². The zero-order valence-electron chi connectivity index (χ0n) is 14.1. The lowest BCUT2D eigenvalue weighted by Gasteiger charge is -2.36. The van der Waals surface area contributed by atoms with E-state index in [0.717, 1.165) is 17.8 Å². The van der Waals surface area contributed by atoms with E-state index < -0.39 is 0 Å². The lowest BCUT2D eigenvalue weighted by Crippen LogP contribution is -2.29. The predicted molar refractivity (Wildman–Crippen MR) is 107 cm³/mol. The Kier molecular flexibility index (Phi) is 5.58. The lowest BCUT2D eigenvalue weighted by molar-refractivity contribution is 0.430. The Morgan fingerprint density at radius 1 is 1.08 bits per heavy atom. The fourth-order valence-electron chi connectivity index (χ4n) is 3.90. The number of aromatic nitrogens is 3. The zero-order valence-corrected chi connectivity index (χ0v) is 16.5. The second-order valence-corrected chi connectivity index (χ2v) is 7.29. The average Bonchev–Trinajstić information content (AvgIpc) is 3.03. The van der Waals surface area contributed by atoms with Gasteiger partial charge in [0.2, 0.25) is 0 Å². The Balaban J connectivity index is 0.00000196. The molecule has 0 aliphatic heterocycles. The number of halogens is 3. The van der Waals surface area contributed by atoms with Gasteiger partial charge in [-0.3, -0.25) is 4.68 Å². The quantitative estimate of drug-likeness (QED) is 0.657. The molecule has 26 heavy (non-hydrogen) atoms. The zero-order chi connectivity index (χ0) is 17.6. The normalized spacial score (nSPS) is 21.8. The summed E-state index contributed by atoms with van der Waals surface area (Å²) in [5.74, 6) is 1.16. The van der Waals surface area contributed by atoms with Crippen molar-refractivity contribution in [1.29, 1.82) is 0 Å². The molecular formula is C19H19Cl3N4. The molecule has 2 N–H and O–H groups in total. The van der Waals surface area contributed by atoms with Gasteiger partial charge in [0.15, 0.2) is 0 Å². The SMILES string of the molecule is Cl.Cn1ncnc1C1CC(N)c2ccccc2C1c1ccc(Cl)c(Cl)c1. The van der Waals surface area contributed by atoms with Crippen molar-refractivity contribution in [2.75, 3.05) is 0 Å². The van der Waals surface area contributed by atoms with Gasteiger partial charge in [-0.05, 0) is 35.2 Å².